The number of likely N-dealkylation sites (N-methyl/N-ethyl adjacent to an activating group) is 1. The van der Waals surface area contributed by atoms with E-state index in [0.717, 1.165) is 37.0 Å². The summed E-state index contributed by atoms with van der Waals surface area (Å²) in [5, 5.41) is 3.82. The molecule has 4 aliphatic rings. The summed E-state index contributed by atoms with van der Waals surface area (Å²) < 4.78 is 14.1. The van der Waals surface area contributed by atoms with Crippen molar-refractivity contribution >= 4 is 17.5 Å². The molecular formula is C21H28ClFN2O. The van der Waals surface area contributed by atoms with Crippen molar-refractivity contribution in [2.24, 2.45) is 17.8 Å². The van der Waals surface area contributed by atoms with Crippen LogP contribution in [-0.2, 0) is 11.3 Å². The van der Waals surface area contributed by atoms with E-state index in [4.69, 9.17) is 11.6 Å². The number of amides is 1. The van der Waals surface area contributed by atoms with Gasteiger partial charge in [0.1, 0.15) is 5.82 Å². The highest BCUT2D eigenvalue weighted by Crippen LogP contribution is 2.55. The molecule has 0 spiro atoms. The van der Waals surface area contributed by atoms with E-state index >= 15 is 0 Å². The minimum absolute atomic E-state index is 0.0105. The van der Waals surface area contributed by atoms with Crippen LogP contribution in [0, 0.1) is 23.6 Å². The van der Waals surface area contributed by atoms with Crippen LogP contribution in [0.5, 0.6) is 0 Å². The fraction of sp³-hybridized carbons (Fsp3) is 0.667. The molecule has 1 aromatic carbocycles. The van der Waals surface area contributed by atoms with Crippen LogP contribution in [0.2, 0.25) is 5.02 Å². The third-order valence-corrected chi connectivity index (χ3v) is 7.29. The van der Waals surface area contributed by atoms with Crippen molar-refractivity contribution in [3.63, 3.8) is 0 Å². The molecule has 0 heterocycles. The quantitative estimate of drug-likeness (QED) is 0.824. The average Bonchev–Trinajstić information content (AvgIpc) is 2.55. The first-order valence-electron chi connectivity index (χ1n) is 9.80. The Morgan fingerprint density at radius 2 is 1.85 bits per heavy atom. The van der Waals surface area contributed by atoms with Crippen molar-refractivity contribution in [1.82, 2.24) is 10.2 Å². The second-order valence-electron chi connectivity index (χ2n) is 8.98. The number of benzene rings is 1. The van der Waals surface area contributed by atoms with E-state index in [9.17, 15) is 9.18 Å². The molecule has 0 aliphatic heterocycles. The van der Waals surface area contributed by atoms with Crippen molar-refractivity contribution in [1.29, 1.82) is 0 Å². The van der Waals surface area contributed by atoms with Gasteiger partial charge in [-0.05, 0) is 82.4 Å². The molecule has 1 atom stereocenters. The smallest absolute Gasteiger partial charge is 0.237 e. The summed E-state index contributed by atoms with van der Waals surface area (Å²) >= 11 is 6.14. The van der Waals surface area contributed by atoms with Crippen LogP contribution in [-0.4, -0.2) is 29.4 Å². The van der Waals surface area contributed by atoms with Crippen LogP contribution >= 0.6 is 11.6 Å². The van der Waals surface area contributed by atoms with Crippen molar-refractivity contribution in [2.45, 2.75) is 63.6 Å². The number of rotatable bonds is 5. The Hall–Kier alpha value is -1.13. The Morgan fingerprint density at radius 1 is 1.27 bits per heavy atom. The molecule has 3 nitrogen and oxygen atoms in total. The van der Waals surface area contributed by atoms with Crippen molar-refractivity contribution in [3.05, 3.63) is 34.6 Å². The highest BCUT2D eigenvalue weighted by atomic mass is 35.5. The average molecular weight is 379 g/mol. The number of hydrogen-bond acceptors (Lipinski definition) is 2. The maximum Gasteiger partial charge on any atom is 0.237 e. The monoisotopic (exact) mass is 378 g/mol. The summed E-state index contributed by atoms with van der Waals surface area (Å²) in [7, 11) is 1.85. The van der Waals surface area contributed by atoms with Gasteiger partial charge < -0.3 is 5.32 Å². The number of nitrogens with one attached hydrogen (secondary N) is 1. The predicted molar refractivity (Wildman–Crippen MR) is 101 cm³/mol. The largest absolute Gasteiger partial charge is 0.349 e. The maximum atomic E-state index is 14.1. The topological polar surface area (TPSA) is 32.3 Å². The number of halogens is 2. The number of carbonyl (C=O) groups is 1. The molecule has 26 heavy (non-hydrogen) atoms. The normalized spacial score (nSPS) is 33.5. The molecule has 4 fully saturated rings. The second-order valence-corrected chi connectivity index (χ2v) is 9.39. The molecule has 0 saturated heterocycles. The summed E-state index contributed by atoms with van der Waals surface area (Å²) in [5.74, 6) is 2.13. The molecular weight excluding hydrogens is 351 g/mol. The van der Waals surface area contributed by atoms with Gasteiger partial charge in [-0.2, -0.15) is 0 Å². The fourth-order valence-electron chi connectivity index (χ4n) is 5.90. The third-order valence-electron chi connectivity index (χ3n) is 6.94. The van der Waals surface area contributed by atoms with Crippen LogP contribution in [0.25, 0.3) is 0 Å². The first-order valence-corrected chi connectivity index (χ1v) is 10.2. The van der Waals surface area contributed by atoms with E-state index in [0.29, 0.717) is 17.1 Å². The van der Waals surface area contributed by atoms with Crippen LogP contribution in [0.15, 0.2) is 18.2 Å². The first-order chi connectivity index (χ1) is 12.3. The summed E-state index contributed by atoms with van der Waals surface area (Å²) in [4.78, 5) is 14.8. The molecule has 4 saturated carbocycles. The van der Waals surface area contributed by atoms with Crippen LogP contribution in [0.1, 0.15) is 51.0 Å². The Bertz CT molecular complexity index is 652. The molecule has 142 valence electrons. The zero-order valence-corrected chi connectivity index (χ0v) is 16.4. The van der Waals surface area contributed by atoms with E-state index in [1.165, 1.54) is 25.3 Å². The molecule has 0 aromatic heterocycles. The number of nitrogens with zero attached hydrogens (tertiary/aromatic N) is 1. The summed E-state index contributed by atoms with van der Waals surface area (Å²) in [6, 6.07) is 4.38. The van der Waals surface area contributed by atoms with Gasteiger partial charge in [-0.15, -0.1) is 0 Å². The van der Waals surface area contributed by atoms with Gasteiger partial charge >= 0.3 is 0 Å². The molecule has 1 aromatic rings. The number of carbonyl (C=O) groups excluding carboxylic acids is 1. The van der Waals surface area contributed by atoms with E-state index in [1.54, 1.807) is 12.1 Å². The molecule has 0 radical (unpaired) electrons. The highest BCUT2D eigenvalue weighted by Gasteiger charge is 2.51. The highest BCUT2D eigenvalue weighted by molar-refractivity contribution is 6.31. The third kappa shape index (κ3) is 3.38. The zero-order chi connectivity index (χ0) is 18.5. The maximum absolute atomic E-state index is 14.1. The van der Waals surface area contributed by atoms with Gasteiger partial charge in [0.05, 0.1) is 6.04 Å². The summed E-state index contributed by atoms with van der Waals surface area (Å²) in [6.45, 7) is 2.21. The lowest BCUT2D eigenvalue weighted by atomic mass is 9.53. The standard InChI is InChI=1S/C21H28ClFN2O/c1-13(25(2)12-17-18(22)4-3-5-19(17)23)20(26)24-21-9-14-6-15(10-21)8-16(7-14)11-21/h3-5,13-16H,6-12H2,1-2H3,(H,24,26). The van der Waals surface area contributed by atoms with E-state index in [1.807, 2.05) is 18.9 Å². The molecule has 4 aliphatic carbocycles. The first kappa shape index (κ1) is 18.2. The molecule has 5 heteroatoms. The van der Waals surface area contributed by atoms with E-state index < -0.39 is 0 Å². The lowest BCUT2D eigenvalue weighted by molar-refractivity contribution is -0.131. The second kappa shape index (κ2) is 6.79. The van der Waals surface area contributed by atoms with Gasteiger partial charge in [-0.1, -0.05) is 17.7 Å². The zero-order valence-electron chi connectivity index (χ0n) is 15.6. The number of hydrogen-bond donors (Lipinski definition) is 1. The van der Waals surface area contributed by atoms with Gasteiger partial charge in [-0.3, -0.25) is 9.69 Å². The lowest BCUT2D eigenvalue weighted by Gasteiger charge is -2.57. The summed E-state index contributed by atoms with van der Waals surface area (Å²) in [5.41, 5.74) is 0.461. The van der Waals surface area contributed by atoms with Gasteiger partial charge in [-0.25, -0.2) is 4.39 Å². The predicted octanol–water partition coefficient (Wildman–Crippen LogP) is 4.38. The van der Waals surface area contributed by atoms with Crippen molar-refractivity contribution in [3.8, 4) is 0 Å². The van der Waals surface area contributed by atoms with Crippen LogP contribution in [0.4, 0.5) is 4.39 Å². The van der Waals surface area contributed by atoms with Gasteiger partial charge in [0, 0.05) is 22.7 Å². The fourth-order valence-corrected chi connectivity index (χ4v) is 6.12. The summed E-state index contributed by atoms with van der Waals surface area (Å²) in [6.07, 6.45) is 7.49. The molecule has 1 unspecified atom stereocenters. The molecule has 5 rings (SSSR count). The molecule has 1 amide bonds. The Morgan fingerprint density at radius 3 is 2.38 bits per heavy atom. The SMILES string of the molecule is CC(C(=O)NC12CC3CC(CC(C3)C1)C2)N(C)Cc1c(F)cccc1Cl. The van der Waals surface area contributed by atoms with Crippen molar-refractivity contribution < 1.29 is 9.18 Å². The minimum atomic E-state index is -0.321. The van der Waals surface area contributed by atoms with E-state index in [2.05, 4.69) is 5.32 Å². The minimum Gasteiger partial charge on any atom is -0.349 e. The van der Waals surface area contributed by atoms with Gasteiger partial charge in [0.2, 0.25) is 5.91 Å². The molecule has 1 N–H and O–H groups in total. The Balaban J connectivity index is 1.41. The van der Waals surface area contributed by atoms with Gasteiger partial charge in [0.25, 0.3) is 0 Å². The van der Waals surface area contributed by atoms with Crippen LogP contribution in [0.3, 0.4) is 0 Å². The van der Waals surface area contributed by atoms with Crippen LogP contribution < -0.4 is 5.32 Å². The van der Waals surface area contributed by atoms with Crippen molar-refractivity contribution in [2.75, 3.05) is 7.05 Å². The van der Waals surface area contributed by atoms with Gasteiger partial charge in [0.15, 0.2) is 0 Å². The molecule has 4 bridgehead atoms. The Kier molecular flexibility index (Phi) is 4.77. The van der Waals surface area contributed by atoms with E-state index in [-0.39, 0.29) is 23.3 Å². The Labute approximate surface area is 160 Å². The lowest BCUT2D eigenvalue weighted by Crippen LogP contribution is -2.62.